The highest BCUT2D eigenvalue weighted by atomic mass is 16.5. The second-order valence-corrected chi connectivity index (χ2v) is 4.10. The minimum absolute atomic E-state index is 0.299. The zero-order valence-corrected chi connectivity index (χ0v) is 10.7. The van der Waals surface area contributed by atoms with E-state index in [1.54, 1.807) is 4.57 Å². The third-order valence-electron chi connectivity index (χ3n) is 2.78. The molecule has 0 unspecified atom stereocenters. The van der Waals surface area contributed by atoms with Gasteiger partial charge < -0.3 is 16.2 Å². The number of nitrogens with two attached hydrogens (primary N) is 2. The Morgan fingerprint density at radius 1 is 1.42 bits per heavy atom. The number of primary amides is 1. The van der Waals surface area contributed by atoms with Gasteiger partial charge in [-0.25, -0.2) is 9.97 Å². The maximum absolute atomic E-state index is 10.7. The summed E-state index contributed by atoms with van der Waals surface area (Å²) in [7, 11) is 1.52. The molecule has 4 N–H and O–H groups in total. The monoisotopic (exact) mass is 264 g/mol. The highest BCUT2D eigenvalue weighted by Crippen LogP contribution is 2.23. The van der Waals surface area contributed by atoms with Crippen molar-refractivity contribution in [1.82, 2.24) is 19.5 Å². The first-order chi connectivity index (χ1) is 9.13. The van der Waals surface area contributed by atoms with Crippen molar-refractivity contribution in [3.63, 3.8) is 0 Å². The predicted molar refractivity (Wildman–Crippen MR) is 69.3 cm³/mol. The van der Waals surface area contributed by atoms with Crippen LogP contribution in [0.15, 0.2) is 6.33 Å². The van der Waals surface area contributed by atoms with E-state index in [4.69, 9.17) is 16.2 Å². The zero-order valence-electron chi connectivity index (χ0n) is 10.7. The van der Waals surface area contributed by atoms with Crippen molar-refractivity contribution in [2.24, 2.45) is 5.73 Å². The van der Waals surface area contributed by atoms with Gasteiger partial charge in [-0.05, 0) is 12.8 Å². The maximum Gasteiger partial charge on any atom is 0.245 e. The van der Waals surface area contributed by atoms with E-state index < -0.39 is 0 Å². The summed E-state index contributed by atoms with van der Waals surface area (Å²) in [5.41, 5.74) is 12.1. The molecule has 0 bridgehead atoms. The topological polar surface area (TPSA) is 122 Å². The first-order valence-corrected chi connectivity index (χ1v) is 5.92. The van der Waals surface area contributed by atoms with Gasteiger partial charge in [-0.3, -0.25) is 9.36 Å². The molecule has 2 aromatic heterocycles. The zero-order chi connectivity index (χ0) is 13.8. The lowest BCUT2D eigenvalue weighted by Gasteiger charge is -2.05. The number of anilines is 1. The van der Waals surface area contributed by atoms with Gasteiger partial charge in [-0.1, -0.05) is 0 Å². The van der Waals surface area contributed by atoms with Crippen LogP contribution in [0.1, 0.15) is 19.3 Å². The maximum atomic E-state index is 10.7. The van der Waals surface area contributed by atoms with Gasteiger partial charge >= 0.3 is 0 Å². The van der Waals surface area contributed by atoms with E-state index in [0.29, 0.717) is 42.4 Å². The number of hydrogen-bond donors (Lipinski definition) is 2. The number of carbonyl (C=O) groups is 1. The molecule has 1 amide bonds. The molecular formula is C11H16N6O2. The summed E-state index contributed by atoms with van der Waals surface area (Å²) < 4.78 is 6.89. The summed E-state index contributed by atoms with van der Waals surface area (Å²) in [5.74, 6) is 0.452. The number of nitrogen functional groups attached to an aromatic ring is 1. The Labute approximate surface area is 109 Å². The molecule has 0 atom stereocenters. The molecule has 102 valence electrons. The Morgan fingerprint density at radius 2 is 2.21 bits per heavy atom. The van der Waals surface area contributed by atoms with Crippen molar-refractivity contribution in [3.05, 3.63) is 6.33 Å². The fraction of sp³-hybridized carbons (Fsp3) is 0.455. The summed E-state index contributed by atoms with van der Waals surface area (Å²) in [6.07, 6.45) is 3.24. The number of amides is 1. The van der Waals surface area contributed by atoms with Gasteiger partial charge in [0.05, 0.1) is 7.11 Å². The molecule has 2 aromatic rings. The normalized spacial score (nSPS) is 10.8. The number of hydrogen-bond acceptors (Lipinski definition) is 6. The molecule has 2 rings (SSSR count). The van der Waals surface area contributed by atoms with Crippen molar-refractivity contribution >= 4 is 23.0 Å². The minimum Gasteiger partial charge on any atom is -0.479 e. The number of aromatic nitrogens is 4. The van der Waals surface area contributed by atoms with Crippen LogP contribution in [0.5, 0.6) is 5.88 Å². The van der Waals surface area contributed by atoms with Crippen molar-refractivity contribution in [3.8, 4) is 5.88 Å². The smallest absolute Gasteiger partial charge is 0.245 e. The van der Waals surface area contributed by atoms with Crippen LogP contribution in [-0.2, 0) is 11.3 Å². The van der Waals surface area contributed by atoms with E-state index in [1.165, 1.54) is 13.4 Å². The molecule has 0 fully saturated rings. The number of carbonyl (C=O) groups excluding carboxylic acids is 1. The van der Waals surface area contributed by atoms with Crippen LogP contribution in [0.2, 0.25) is 0 Å². The summed E-state index contributed by atoms with van der Waals surface area (Å²) in [4.78, 5) is 23.0. The fourth-order valence-electron chi connectivity index (χ4n) is 1.87. The summed E-state index contributed by atoms with van der Waals surface area (Å²) in [6.45, 7) is 0.621. The van der Waals surface area contributed by atoms with Gasteiger partial charge in [-0.2, -0.15) is 4.98 Å². The number of unbranched alkanes of at least 4 members (excludes halogenated alkanes) is 1. The van der Waals surface area contributed by atoms with Crippen LogP contribution >= 0.6 is 0 Å². The number of imidazole rings is 1. The van der Waals surface area contributed by atoms with Crippen LogP contribution < -0.4 is 16.2 Å². The fourth-order valence-corrected chi connectivity index (χ4v) is 1.87. The quantitative estimate of drug-likeness (QED) is 0.712. The minimum atomic E-state index is -0.299. The second kappa shape index (κ2) is 5.51. The number of aryl methyl sites for hydroxylation is 1. The second-order valence-electron chi connectivity index (χ2n) is 4.10. The van der Waals surface area contributed by atoms with Gasteiger partial charge in [0.15, 0.2) is 11.2 Å². The van der Waals surface area contributed by atoms with Crippen molar-refractivity contribution in [2.45, 2.75) is 25.8 Å². The van der Waals surface area contributed by atoms with Crippen molar-refractivity contribution in [2.75, 3.05) is 12.8 Å². The molecule has 0 aliphatic heterocycles. The van der Waals surface area contributed by atoms with Gasteiger partial charge in [0.1, 0.15) is 6.33 Å². The van der Waals surface area contributed by atoms with Crippen LogP contribution in [0.3, 0.4) is 0 Å². The first kappa shape index (κ1) is 13.1. The SMILES string of the molecule is COc1ncnc2c1nc(N)n2CCCCC(N)=O. The lowest BCUT2D eigenvalue weighted by molar-refractivity contribution is -0.118. The Kier molecular flexibility index (Phi) is 3.79. The predicted octanol–water partition coefficient (Wildman–Crippen LogP) is 0.0727. The molecule has 19 heavy (non-hydrogen) atoms. The highest BCUT2D eigenvalue weighted by Gasteiger charge is 2.14. The van der Waals surface area contributed by atoms with Gasteiger partial charge in [0.25, 0.3) is 0 Å². The Bertz CT molecular complexity index is 594. The molecule has 0 saturated carbocycles. The highest BCUT2D eigenvalue weighted by molar-refractivity contribution is 5.78. The van der Waals surface area contributed by atoms with E-state index in [2.05, 4.69) is 15.0 Å². The van der Waals surface area contributed by atoms with Gasteiger partial charge in [0, 0.05) is 13.0 Å². The Balaban J connectivity index is 2.18. The van der Waals surface area contributed by atoms with Crippen LogP contribution in [0.4, 0.5) is 5.95 Å². The van der Waals surface area contributed by atoms with Crippen molar-refractivity contribution in [1.29, 1.82) is 0 Å². The Morgan fingerprint density at radius 3 is 2.89 bits per heavy atom. The number of nitrogens with zero attached hydrogens (tertiary/aromatic N) is 4. The molecule has 0 aromatic carbocycles. The molecule has 0 spiro atoms. The molecule has 8 heteroatoms. The number of ether oxygens (including phenoxy) is 1. The van der Waals surface area contributed by atoms with E-state index >= 15 is 0 Å². The van der Waals surface area contributed by atoms with Crippen molar-refractivity contribution < 1.29 is 9.53 Å². The van der Waals surface area contributed by atoms with E-state index in [9.17, 15) is 4.79 Å². The summed E-state index contributed by atoms with van der Waals surface area (Å²) in [5, 5.41) is 0. The van der Waals surface area contributed by atoms with Crippen LogP contribution in [0, 0.1) is 0 Å². The molecular weight excluding hydrogens is 248 g/mol. The largest absolute Gasteiger partial charge is 0.479 e. The summed E-state index contributed by atoms with van der Waals surface area (Å²) >= 11 is 0. The summed E-state index contributed by atoms with van der Waals surface area (Å²) in [6, 6.07) is 0. The average Bonchev–Trinajstić information content (AvgIpc) is 2.70. The number of rotatable bonds is 6. The van der Waals surface area contributed by atoms with E-state index in [1.807, 2.05) is 0 Å². The number of fused-ring (bicyclic) bond motifs is 1. The van der Waals surface area contributed by atoms with Gasteiger partial charge in [-0.15, -0.1) is 0 Å². The number of methoxy groups -OCH3 is 1. The Hall–Kier alpha value is -2.38. The molecule has 8 nitrogen and oxygen atoms in total. The van der Waals surface area contributed by atoms with E-state index in [-0.39, 0.29) is 5.91 Å². The third-order valence-corrected chi connectivity index (χ3v) is 2.78. The molecule has 0 aliphatic carbocycles. The van der Waals surface area contributed by atoms with Gasteiger partial charge in [0.2, 0.25) is 17.7 Å². The van der Waals surface area contributed by atoms with E-state index in [0.717, 1.165) is 6.42 Å². The first-order valence-electron chi connectivity index (χ1n) is 5.92. The molecule has 0 radical (unpaired) electrons. The molecule has 0 saturated heterocycles. The standard InChI is InChI=1S/C11H16N6O2/c1-19-10-8-9(14-6-15-10)17(11(13)16-8)5-3-2-4-7(12)18/h6H,2-5H2,1H3,(H2,12,18)(H2,13,16). The lowest BCUT2D eigenvalue weighted by atomic mass is 10.2. The molecule has 2 heterocycles. The molecule has 0 aliphatic rings. The van der Waals surface area contributed by atoms with Crippen LogP contribution in [0.25, 0.3) is 11.2 Å². The van der Waals surface area contributed by atoms with Crippen LogP contribution in [-0.4, -0.2) is 32.5 Å². The third kappa shape index (κ3) is 2.72. The average molecular weight is 264 g/mol. The lowest BCUT2D eigenvalue weighted by Crippen LogP contribution is -2.10.